The summed E-state index contributed by atoms with van der Waals surface area (Å²) in [4.78, 5) is 17.7. The number of amides is 1. The number of thiophene rings is 1. The largest absolute Gasteiger partial charge is 0.355 e. The van der Waals surface area contributed by atoms with E-state index in [-0.39, 0.29) is 5.91 Å². The number of carbonyl (C=O) groups excluding carboxylic acids is 1. The number of hydrogen-bond acceptors (Lipinski definition) is 4. The number of thioether (sulfide) groups is 1. The Hall–Kier alpha value is -1.76. The zero-order chi connectivity index (χ0) is 17.6. The Labute approximate surface area is 160 Å². The van der Waals surface area contributed by atoms with Gasteiger partial charge in [0.2, 0.25) is 5.91 Å². The topological polar surface area (TPSA) is 46.9 Å². The molecule has 2 heterocycles. The summed E-state index contributed by atoms with van der Waals surface area (Å²) < 4.78 is 1.96. The Bertz CT molecular complexity index is 846. The molecule has 4 nitrogen and oxygen atoms in total. The molecule has 0 atom stereocenters. The molecule has 0 bridgehead atoms. The van der Waals surface area contributed by atoms with Crippen LogP contribution >= 0.6 is 34.7 Å². The number of carbonyl (C=O) groups is 1. The second-order valence-corrected chi connectivity index (χ2v) is 7.81. The molecular formula is C18H18ClN3OS2. The van der Waals surface area contributed by atoms with Crippen LogP contribution in [0.4, 0.5) is 0 Å². The molecule has 0 saturated carbocycles. The van der Waals surface area contributed by atoms with Crippen molar-refractivity contribution in [1.29, 1.82) is 0 Å². The fourth-order valence-corrected chi connectivity index (χ4v) is 4.07. The van der Waals surface area contributed by atoms with Gasteiger partial charge in [-0.15, -0.1) is 11.3 Å². The zero-order valence-electron chi connectivity index (χ0n) is 13.7. The van der Waals surface area contributed by atoms with Crippen LogP contribution in [0.1, 0.15) is 10.4 Å². The van der Waals surface area contributed by atoms with Crippen molar-refractivity contribution >= 4 is 40.6 Å². The maximum absolute atomic E-state index is 12.0. The average molecular weight is 392 g/mol. The first-order valence-electron chi connectivity index (χ1n) is 7.86. The molecule has 3 aromatic rings. The number of nitrogens with one attached hydrogen (secondary N) is 1. The van der Waals surface area contributed by atoms with Gasteiger partial charge in [-0.1, -0.05) is 35.5 Å². The van der Waals surface area contributed by atoms with Crippen molar-refractivity contribution in [3.05, 3.63) is 63.6 Å². The van der Waals surface area contributed by atoms with Crippen molar-refractivity contribution in [3.63, 3.8) is 0 Å². The van der Waals surface area contributed by atoms with Gasteiger partial charge in [-0.3, -0.25) is 9.36 Å². The molecule has 0 aliphatic heterocycles. The van der Waals surface area contributed by atoms with E-state index in [2.05, 4.69) is 16.4 Å². The fourth-order valence-electron chi connectivity index (χ4n) is 2.40. The first kappa shape index (κ1) is 18.0. The standard InChI is InChI=1S/C18H18ClN3OS2/c1-13-15(19)5-2-6-16(13)22-10-9-21-18(22)25-12-17(23)20-8-7-14-4-3-11-24-14/h2-6,9-11H,7-8,12H2,1H3,(H,20,23). The molecule has 0 aliphatic rings. The van der Waals surface area contributed by atoms with Crippen LogP contribution in [0.5, 0.6) is 0 Å². The summed E-state index contributed by atoms with van der Waals surface area (Å²) in [6, 6.07) is 9.88. The maximum Gasteiger partial charge on any atom is 0.230 e. The Morgan fingerprint density at radius 2 is 2.24 bits per heavy atom. The lowest BCUT2D eigenvalue weighted by molar-refractivity contribution is -0.118. The second-order valence-electron chi connectivity index (χ2n) is 5.43. The maximum atomic E-state index is 12.0. The van der Waals surface area contributed by atoms with Crippen LogP contribution in [0.15, 0.2) is 53.3 Å². The summed E-state index contributed by atoms with van der Waals surface area (Å²) >= 11 is 9.33. The normalized spacial score (nSPS) is 10.8. The predicted octanol–water partition coefficient (Wildman–Crippen LogP) is 4.35. The Balaban J connectivity index is 1.56. The minimum Gasteiger partial charge on any atom is -0.355 e. The van der Waals surface area contributed by atoms with Crippen LogP contribution in [-0.2, 0) is 11.2 Å². The highest BCUT2D eigenvalue weighted by molar-refractivity contribution is 7.99. The third kappa shape index (κ3) is 4.66. The lowest BCUT2D eigenvalue weighted by atomic mass is 10.2. The van der Waals surface area contributed by atoms with E-state index in [1.807, 2.05) is 47.3 Å². The van der Waals surface area contributed by atoms with Gasteiger partial charge in [0, 0.05) is 28.8 Å². The summed E-state index contributed by atoms with van der Waals surface area (Å²) in [7, 11) is 0. The monoisotopic (exact) mass is 391 g/mol. The Morgan fingerprint density at radius 1 is 1.36 bits per heavy atom. The van der Waals surface area contributed by atoms with Crippen LogP contribution in [0.2, 0.25) is 5.02 Å². The van der Waals surface area contributed by atoms with Crippen molar-refractivity contribution in [2.75, 3.05) is 12.3 Å². The number of halogens is 1. The number of hydrogen-bond donors (Lipinski definition) is 1. The minimum atomic E-state index is 0.0129. The molecule has 0 radical (unpaired) electrons. The number of rotatable bonds is 7. The molecule has 0 spiro atoms. The molecule has 0 saturated heterocycles. The quantitative estimate of drug-likeness (QED) is 0.609. The molecule has 0 fully saturated rings. The van der Waals surface area contributed by atoms with Crippen LogP contribution < -0.4 is 5.32 Å². The zero-order valence-corrected chi connectivity index (χ0v) is 16.1. The van der Waals surface area contributed by atoms with Crippen molar-refractivity contribution in [3.8, 4) is 5.69 Å². The van der Waals surface area contributed by atoms with Gasteiger partial charge in [-0.25, -0.2) is 4.98 Å². The van der Waals surface area contributed by atoms with Crippen LogP contribution in [0.3, 0.4) is 0 Å². The van der Waals surface area contributed by atoms with Crippen LogP contribution in [0, 0.1) is 6.92 Å². The highest BCUT2D eigenvalue weighted by Gasteiger charge is 2.11. The summed E-state index contributed by atoms with van der Waals surface area (Å²) in [5, 5.41) is 6.49. The van der Waals surface area contributed by atoms with Gasteiger partial charge in [0.1, 0.15) is 0 Å². The third-order valence-electron chi connectivity index (χ3n) is 3.71. The van der Waals surface area contributed by atoms with Crippen molar-refractivity contribution in [1.82, 2.24) is 14.9 Å². The van der Waals surface area contributed by atoms with E-state index in [0.717, 1.165) is 22.8 Å². The number of nitrogens with zero attached hydrogens (tertiary/aromatic N) is 2. The van der Waals surface area contributed by atoms with E-state index in [9.17, 15) is 4.79 Å². The van der Waals surface area contributed by atoms with E-state index in [1.165, 1.54) is 16.6 Å². The van der Waals surface area contributed by atoms with Gasteiger partial charge >= 0.3 is 0 Å². The number of aromatic nitrogens is 2. The minimum absolute atomic E-state index is 0.0129. The SMILES string of the molecule is Cc1c(Cl)cccc1-n1ccnc1SCC(=O)NCCc1cccs1. The Kier molecular flexibility index (Phi) is 6.18. The second kappa shape index (κ2) is 8.56. The van der Waals surface area contributed by atoms with E-state index in [1.54, 1.807) is 17.5 Å². The predicted molar refractivity (Wildman–Crippen MR) is 105 cm³/mol. The molecule has 7 heteroatoms. The molecule has 2 aromatic heterocycles. The van der Waals surface area contributed by atoms with E-state index < -0.39 is 0 Å². The summed E-state index contributed by atoms with van der Waals surface area (Å²) in [6.07, 6.45) is 4.48. The van der Waals surface area contributed by atoms with Crippen molar-refractivity contribution in [2.45, 2.75) is 18.5 Å². The first-order chi connectivity index (χ1) is 12.1. The average Bonchev–Trinajstić information content (AvgIpc) is 3.27. The molecule has 0 aliphatic carbocycles. The molecule has 3 rings (SSSR count). The number of imidazole rings is 1. The van der Waals surface area contributed by atoms with Gasteiger partial charge < -0.3 is 5.32 Å². The fraction of sp³-hybridized carbons (Fsp3) is 0.222. The van der Waals surface area contributed by atoms with Gasteiger partial charge in [-0.2, -0.15) is 0 Å². The third-order valence-corrected chi connectivity index (χ3v) is 6.02. The molecular weight excluding hydrogens is 374 g/mol. The van der Waals surface area contributed by atoms with E-state index in [0.29, 0.717) is 17.3 Å². The van der Waals surface area contributed by atoms with Gasteiger partial charge in [-0.05, 0) is 42.5 Å². The van der Waals surface area contributed by atoms with Crippen molar-refractivity contribution in [2.24, 2.45) is 0 Å². The molecule has 1 N–H and O–H groups in total. The lowest BCUT2D eigenvalue weighted by Crippen LogP contribution is -2.27. The lowest BCUT2D eigenvalue weighted by Gasteiger charge is -2.11. The highest BCUT2D eigenvalue weighted by Crippen LogP contribution is 2.26. The van der Waals surface area contributed by atoms with Crippen LogP contribution in [-0.4, -0.2) is 27.8 Å². The summed E-state index contributed by atoms with van der Waals surface area (Å²) in [5.74, 6) is 0.347. The molecule has 1 amide bonds. The van der Waals surface area contributed by atoms with E-state index in [4.69, 9.17) is 11.6 Å². The molecule has 130 valence electrons. The molecule has 25 heavy (non-hydrogen) atoms. The first-order valence-corrected chi connectivity index (χ1v) is 10.1. The summed E-state index contributed by atoms with van der Waals surface area (Å²) in [5.41, 5.74) is 1.97. The van der Waals surface area contributed by atoms with Gasteiger partial charge in [0.25, 0.3) is 0 Å². The molecule has 1 aromatic carbocycles. The highest BCUT2D eigenvalue weighted by atomic mass is 35.5. The summed E-state index contributed by atoms with van der Waals surface area (Å²) in [6.45, 7) is 2.63. The van der Waals surface area contributed by atoms with E-state index >= 15 is 0 Å². The van der Waals surface area contributed by atoms with Gasteiger partial charge in [0.05, 0.1) is 11.4 Å². The van der Waals surface area contributed by atoms with Crippen LogP contribution in [0.25, 0.3) is 5.69 Å². The van der Waals surface area contributed by atoms with Crippen molar-refractivity contribution < 1.29 is 4.79 Å². The smallest absolute Gasteiger partial charge is 0.230 e. The molecule has 0 unspecified atom stereocenters. The Morgan fingerprint density at radius 3 is 3.04 bits per heavy atom. The van der Waals surface area contributed by atoms with Gasteiger partial charge in [0.15, 0.2) is 5.16 Å². The number of benzene rings is 1.